The molecule has 0 saturated heterocycles. The van der Waals surface area contributed by atoms with Gasteiger partial charge in [0.15, 0.2) is 0 Å². The summed E-state index contributed by atoms with van der Waals surface area (Å²) in [6.45, 7) is 3.49. The van der Waals surface area contributed by atoms with Crippen LogP contribution in [0.4, 0.5) is 0 Å². The van der Waals surface area contributed by atoms with Crippen molar-refractivity contribution >= 4 is 0 Å². The first-order valence-corrected chi connectivity index (χ1v) is 12.7. The summed E-state index contributed by atoms with van der Waals surface area (Å²) < 4.78 is 5.95. The second kappa shape index (κ2) is 15.8. The normalized spacial score (nSPS) is 19.4. The number of rotatable bonds is 16. The van der Waals surface area contributed by atoms with Gasteiger partial charge in [-0.15, -0.1) is 0 Å². The van der Waals surface area contributed by atoms with Crippen LogP contribution in [0.3, 0.4) is 0 Å². The van der Waals surface area contributed by atoms with Crippen LogP contribution >= 0.6 is 0 Å². The monoisotopic (exact) mass is 402 g/mol. The minimum atomic E-state index is 0.346. The van der Waals surface area contributed by atoms with Gasteiger partial charge in [-0.2, -0.15) is 0 Å². The molecule has 0 aromatic heterocycles. The molecule has 2 rings (SSSR count). The van der Waals surface area contributed by atoms with Crippen molar-refractivity contribution < 1.29 is 9.84 Å². The molecule has 0 radical (unpaired) electrons. The molecule has 1 saturated carbocycles. The number of hydrogen-bond acceptors (Lipinski definition) is 2. The van der Waals surface area contributed by atoms with E-state index in [1.807, 2.05) is 0 Å². The minimum absolute atomic E-state index is 0.346. The van der Waals surface area contributed by atoms with Crippen LogP contribution < -0.4 is 4.74 Å². The average Bonchev–Trinajstić information content (AvgIpc) is 2.76. The molecule has 166 valence electrons. The molecule has 29 heavy (non-hydrogen) atoms. The van der Waals surface area contributed by atoms with Crippen molar-refractivity contribution in [1.29, 1.82) is 0 Å². The molecule has 2 heteroatoms. The lowest BCUT2D eigenvalue weighted by atomic mass is 9.77. The van der Waals surface area contributed by atoms with Gasteiger partial charge in [0.05, 0.1) is 6.61 Å². The molecule has 1 aromatic carbocycles. The lowest BCUT2D eigenvalue weighted by Gasteiger charge is -2.29. The van der Waals surface area contributed by atoms with Gasteiger partial charge in [0.25, 0.3) is 0 Å². The summed E-state index contributed by atoms with van der Waals surface area (Å²) in [6.07, 6.45) is 21.0. The van der Waals surface area contributed by atoms with Gasteiger partial charge in [-0.05, 0) is 68.1 Å². The van der Waals surface area contributed by atoms with Crippen molar-refractivity contribution in [3.05, 3.63) is 29.8 Å². The van der Waals surface area contributed by atoms with Gasteiger partial charge in [-0.3, -0.25) is 0 Å². The highest BCUT2D eigenvalue weighted by molar-refractivity contribution is 5.29. The van der Waals surface area contributed by atoms with E-state index < -0.39 is 0 Å². The van der Waals surface area contributed by atoms with E-state index >= 15 is 0 Å². The first-order valence-electron chi connectivity index (χ1n) is 12.7. The summed E-state index contributed by atoms with van der Waals surface area (Å²) in [6, 6.07) is 8.99. The Kier molecular flexibility index (Phi) is 13.2. The van der Waals surface area contributed by atoms with Crippen molar-refractivity contribution in [3.8, 4) is 5.75 Å². The van der Waals surface area contributed by atoms with Crippen LogP contribution in [0.2, 0.25) is 0 Å². The smallest absolute Gasteiger partial charge is 0.119 e. The second-order valence-electron chi connectivity index (χ2n) is 9.18. The average molecular weight is 403 g/mol. The summed E-state index contributed by atoms with van der Waals surface area (Å²) in [4.78, 5) is 0. The molecule has 0 spiro atoms. The SMILES string of the molecule is CCCCCC1CCC(c2ccc(OCCCCCCCCCCO)cc2)CC1. The van der Waals surface area contributed by atoms with E-state index in [9.17, 15) is 0 Å². The van der Waals surface area contributed by atoms with Crippen LogP contribution in [0.1, 0.15) is 121 Å². The molecule has 1 aliphatic carbocycles. The Morgan fingerprint density at radius 2 is 1.38 bits per heavy atom. The number of aliphatic hydroxyl groups excluding tert-OH is 1. The third-order valence-electron chi connectivity index (χ3n) is 6.74. The van der Waals surface area contributed by atoms with E-state index in [-0.39, 0.29) is 0 Å². The number of unbranched alkanes of at least 4 members (excludes halogenated alkanes) is 9. The topological polar surface area (TPSA) is 29.5 Å². The number of ether oxygens (including phenoxy) is 1. The zero-order valence-electron chi connectivity index (χ0n) is 19.0. The lowest BCUT2D eigenvalue weighted by molar-refractivity contribution is 0.282. The van der Waals surface area contributed by atoms with Crippen molar-refractivity contribution in [2.75, 3.05) is 13.2 Å². The predicted octanol–water partition coefficient (Wildman–Crippen LogP) is 8.03. The van der Waals surface area contributed by atoms with Crippen LogP contribution in [-0.4, -0.2) is 18.3 Å². The Bertz CT molecular complexity index is 488. The fourth-order valence-corrected chi connectivity index (χ4v) is 4.77. The van der Waals surface area contributed by atoms with Gasteiger partial charge in [0.1, 0.15) is 5.75 Å². The maximum Gasteiger partial charge on any atom is 0.119 e. The molecule has 0 bridgehead atoms. The van der Waals surface area contributed by atoms with E-state index in [0.717, 1.165) is 37.0 Å². The maximum atomic E-state index is 8.77. The highest BCUT2D eigenvalue weighted by atomic mass is 16.5. The first kappa shape index (κ1) is 24.3. The molecule has 1 N–H and O–H groups in total. The summed E-state index contributed by atoms with van der Waals surface area (Å²) in [5.41, 5.74) is 1.52. The molecule has 2 nitrogen and oxygen atoms in total. The van der Waals surface area contributed by atoms with Gasteiger partial charge in [-0.25, -0.2) is 0 Å². The summed E-state index contributed by atoms with van der Waals surface area (Å²) >= 11 is 0. The molecule has 0 aliphatic heterocycles. The molecule has 1 aliphatic rings. The van der Waals surface area contributed by atoms with Crippen LogP contribution in [0.25, 0.3) is 0 Å². The zero-order chi connectivity index (χ0) is 20.6. The number of hydrogen-bond donors (Lipinski definition) is 1. The highest BCUT2D eigenvalue weighted by Crippen LogP contribution is 2.38. The van der Waals surface area contributed by atoms with Crippen LogP contribution in [0.15, 0.2) is 24.3 Å². The van der Waals surface area contributed by atoms with Crippen molar-refractivity contribution in [2.24, 2.45) is 5.92 Å². The second-order valence-corrected chi connectivity index (χ2v) is 9.18. The quantitative estimate of drug-likeness (QED) is 0.283. The third kappa shape index (κ3) is 10.5. The minimum Gasteiger partial charge on any atom is -0.494 e. The van der Waals surface area contributed by atoms with Crippen molar-refractivity contribution in [3.63, 3.8) is 0 Å². The zero-order valence-corrected chi connectivity index (χ0v) is 19.0. The standard InChI is InChI=1S/C27H46O2/c1-2-3-10-13-24-14-16-25(17-15-24)26-18-20-27(21-19-26)29-23-12-9-7-5-4-6-8-11-22-28/h18-21,24-25,28H,2-17,22-23H2,1H3. The summed E-state index contributed by atoms with van der Waals surface area (Å²) in [7, 11) is 0. The molecule has 0 heterocycles. The Hall–Kier alpha value is -1.02. The van der Waals surface area contributed by atoms with E-state index in [1.54, 1.807) is 0 Å². The van der Waals surface area contributed by atoms with Gasteiger partial charge < -0.3 is 9.84 Å². The Labute approximate surface area is 180 Å². The van der Waals surface area contributed by atoms with E-state index in [0.29, 0.717) is 6.61 Å². The molecular weight excluding hydrogens is 356 g/mol. The molecule has 1 aromatic rings. The Morgan fingerprint density at radius 3 is 2.00 bits per heavy atom. The number of aliphatic hydroxyl groups is 1. The molecule has 1 fully saturated rings. The van der Waals surface area contributed by atoms with E-state index in [1.165, 1.54) is 95.5 Å². The fourth-order valence-electron chi connectivity index (χ4n) is 4.77. The van der Waals surface area contributed by atoms with Crippen molar-refractivity contribution in [2.45, 2.75) is 116 Å². The maximum absolute atomic E-state index is 8.77. The van der Waals surface area contributed by atoms with Crippen molar-refractivity contribution in [1.82, 2.24) is 0 Å². The van der Waals surface area contributed by atoms with Crippen LogP contribution in [0.5, 0.6) is 5.75 Å². The summed E-state index contributed by atoms with van der Waals surface area (Å²) in [5, 5.41) is 8.77. The Balaban J connectivity index is 1.53. The highest BCUT2D eigenvalue weighted by Gasteiger charge is 2.21. The number of benzene rings is 1. The van der Waals surface area contributed by atoms with Gasteiger partial charge in [-0.1, -0.05) is 83.3 Å². The Morgan fingerprint density at radius 1 is 0.759 bits per heavy atom. The lowest BCUT2D eigenvalue weighted by Crippen LogP contribution is -2.13. The fraction of sp³-hybridized carbons (Fsp3) is 0.778. The predicted molar refractivity (Wildman–Crippen MR) is 125 cm³/mol. The molecule has 0 atom stereocenters. The van der Waals surface area contributed by atoms with E-state index in [2.05, 4.69) is 31.2 Å². The van der Waals surface area contributed by atoms with Crippen LogP contribution in [0, 0.1) is 5.92 Å². The van der Waals surface area contributed by atoms with Crippen LogP contribution in [-0.2, 0) is 0 Å². The molecule has 0 unspecified atom stereocenters. The van der Waals surface area contributed by atoms with Gasteiger partial charge in [0.2, 0.25) is 0 Å². The molecular formula is C27H46O2. The van der Waals surface area contributed by atoms with Gasteiger partial charge >= 0.3 is 0 Å². The molecule has 0 amide bonds. The summed E-state index contributed by atoms with van der Waals surface area (Å²) in [5.74, 6) is 2.79. The van der Waals surface area contributed by atoms with Gasteiger partial charge in [0, 0.05) is 6.61 Å². The first-order chi connectivity index (χ1) is 14.3. The third-order valence-corrected chi connectivity index (χ3v) is 6.74. The largest absolute Gasteiger partial charge is 0.494 e. The van der Waals surface area contributed by atoms with E-state index in [4.69, 9.17) is 9.84 Å².